The highest BCUT2D eigenvalue weighted by atomic mass is 32.1. The van der Waals surface area contributed by atoms with Crippen molar-refractivity contribution in [2.24, 2.45) is 0 Å². The molecule has 128 valence electrons. The number of rotatable bonds is 3. The van der Waals surface area contributed by atoms with Gasteiger partial charge in [0.2, 0.25) is 0 Å². The molecular formula is C18H18N4O2S. The Balaban J connectivity index is 1.61. The molecule has 0 saturated carbocycles. The molecule has 0 radical (unpaired) electrons. The minimum Gasteiger partial charge on any atom is -0.496 e. The number of carbonyl (C=O) groups excluding carboxylic acids is 1. The molecule has 1 aromatic carbocycles. The minimum atomic E-state index is 0.0327. The number of fused-ring (bicyclic) bond motifs is 1. The van der Waals surface area contributed by atoms with Crippen molar-refractivity contribution in [3.63, 3.8) is 0 Å². The quantitative estimate of drug-likeness (QED) is 0.793. The van der Waals surface area contributed by atoms with E-state index >= 15 is 0 Å². The molecular weight excluding hydrogens is 336 g/mol. The Bertz CT molecular complexity index is 872. The molecule has 6 nitrogen and oxygen atoms in total. The number of likely N-dealkylation sites (tertiary alicyclic amines) is 1. The van der Waals surface area contributed by atoms with E-state index in [1.54, 1.807) is 12.0 Å². The highest BCUT2D eigenvalue weighted by Gasteiger charge is 2.42. The molecule has 0 spiro atoms. The first kappa shape index (κ1) is 15.9. The molecule has 25 heavy (non-hydrogen) atoms. The second kappa shape index (κ2) is 6.05. The van der Waals surface area contributed by atoms with Gasteiger partial charge in [-0.25, -0.2) is 4.98 Å². The molecule has 7 heteroatoms. The lowest BCUT2D eigenvalue weighted by Crippen LogP contribution is -2.42. The molecule has 2 atom stereocenters. The van der Waals surface area contributed by atoms with Crippen molar-refractivity contribution in [3.8, 4) is 22.5 Å². The van der Waals surface area contributed by atoms with Crippen LogP contribution in [0.15, 0.2) is 24.3 Å². The number of thiazole rings is 1. The number of amides is 1. The van der Waals surface area contributed by atoms with Gasteiger partial charge in [-0.2, -0.15) is 5.26 Å². The Hall–Kier alpha value is -2.59. The van der Waals surface area contributed by atoms with Crippen LogP contribution in [-0.4, -0.2) is 46.4 Å². The lowest BCUT2D eigenvalue weighted by Gasteiger charge is -2.28. The van der Waals surface area contributed by atoms with Crippen LogP contribution in [0.2, 0.25) is 0 Å². The van der Waals surface area contributed by atoms with Crippen molar-refractivity contribution < 1.29 is 9.53 Å². The largest absolute Gasteiger partial charge is 0.496 e. The van der Waals surface area contributed by atoms with Gasteiger partial charge in [-0.3, -0.25) is 4.79 Å². The lowest BCUT2D eigenvalue weighted by atomic mass is 10.1. The zero-order chi connectivity index (χ0) is 17.6. The summed E-state index contributed by atoms with van der Waals surface area (Å²) in [5.74, 6) is 0.790. The van der Waals surface area contributed by atoms with Crippen LogP contribution in [-0.2, 0) is 6.54 Å². The van der Waals surface area contributed by atoms with E-state index in [-0.39, 0.29) is 18.0 Å². The number of methoxy groups -OCH3 is 1. The van der Waals surface area contributed by atoms with Gasteiger partial charge in [-0.05, 0) is 25.5 Å². The zero-order valence-corrected chi connectivity index (χ0v) is 14.9. The van der Waals surface area contributed by atoms with Gasteiger partial charge in [0, 0.05) is 6.54 Å². The Kier molecular flexibility index (Phi) is 3.85. The number of ether oxygens (including phenoxy) is 1. The third-order valence-corrected chi connectivity index (χ3v) is 6.17. The van der Waals surface area contributed by atoms with Gasteiger partial charge in [0.05, 0.1) is 37.0 Å². The summed E-state index contributed by atoms with van der Waals surface area (Å²) in [5.41, 5.74) is 1.74. The van der Waals surface area contributed by atoms with Gasteiger partial charge >= 0.3 is 0 Å². The molecule has 1 amide bonds. The summed E-state index contributed by atoms with van der Waals surface area (Å²) >= 11 is 1.42. The van der Waals surface area contributed by atoms with Crippen LogP contribution in [0.3, 0.4) is 0 Å². The van der Waals surface area contributed by atoms with Crippen molar-refractivity contribution in [3.05, 3.63) is 34.8 Å². The van der Waals surface area contributed by atoms with E-state index in [2.05, 4.69) is 6.19 Å². The standard InChI is InChI=1S/C18H18N4O2S/c1-11-14(7-8-21(11)10-19)22-9-13-16(18(22)23)25-17(20-13)12-5-3-4-6-15(12)24-2/h3-6,11,14H,7-9H2,1-2H3/t11-,14-/m1/s1. The number of aromatic nitrogens is 1. The Morgan fingerprint density at radius 2 is 2.20 bits per heavy atom. The fourth-order valence-corrected chi connectivity index (χ4v) is 4.74. The number of carbonyl (C=O) groups is 1. The van der Waals surface area contributed by atoms with Crippen molar-refractivity contribution >= 4 is 17.2 Å². The average Bonchev–Trinajstić information content (AvgIpc) is 3.29. The summed E-state index contributed by atoms with van der Waals surface area (Å²) in [7, 11) is 1.63. The maximum absolute atomic E-state index is 12.9. The predicted molar refractivity (Wildman–Crippen MR) is 94.2 cm³/mol. The fraction of sp³-hybridized carbons (Fsp3) is 0.389. The second-order valence-electron chi connectivity index (χ2n) is 6.32. The summed E-state index contributed by atoms with van der Waals surface area (Å²) in [6.07, 6.45) is 3.04. The van der Waals surface area contributed by atoms with Crippen molar-refractivity contribution in [2.45, 2.75) is 32.0 Å². The molecule has 0 unspecified atom stereocenters. The average molecular weight is 354 g/mol. The number of nitriles is 1. The van der Waals surface area contributed by atoms with Crippen LogP contribution in [0, 0.1) is 11.5 Å². The van der Waals surface area contributed by atoms with Crippen molar-refractivity contribution in [1.29, 1.82) is 5.26 Å². The topological polar surface area (TPSA) is 69.5 Å². The molecule has 4 rings (SSSR count). The molecule has 0 bridgehead atoms. The van der Waals surface area contributed by atoms with Gasteiger partial charge < -0.3 is 14.5 Å². The summed E-state index contributed by atoms with van der Waals surface area (Å²) in [6, 6.07) is 7.83. The van der Waals surface area contributed by atoms with E-state index in [4.69, 9.17) is 15.0 Å². The third-order valence-electron chi connectivity index (χ3n) is 5.05. The molecule has 2 aliphatic heterocycles. The maximum Gasteiger partial charge on any atom is 0.266 e. The maximum atomic E-state index is 12.9. The first-order valence-corrected chi connectivity index (χ1v) is 9.06. The highest BCUT2D eigenvalue weighted by Crippen LogP contribution is 2.39. The zero-order valence-electron chi connectivity index (χ0n) is 14.1. The van der Waals surface area contributed by atoms with E-state index < -0.39 is 0 Å². The molecule has 1 fully saturated rings. The van der Waals surface area contributed by atoms with Crippen LogP contribution < -0.4 is 4.74 Å². The lowest BCUT2D eigenvalue weighted by molar-refractivity contribution is 0.0679. The monoisotopic (exact) mass is 354 g/mol. The van der Waals surface area contributed by atoms with Gasteiger partial charge in [0.25, 0.3) is 5.91 Å². The van der Waals surface area contributed by atoms with Crippen LogP contribution in [0.4, 0.5) is 0 Å². The van der Waals surface area contributed by atoms with Gasteiger partial charge in [0.15, 0.2) is 6.19 Å². The smallest absolute Gasteiger partial charge is 0.266 e. The number of nitrogens with zero attached hydrogens (tertiary/aromatic N) is 4. The number of benzene rings is 1. The van der Waals surface area contributed by atoms with E-state index in [0.29, 0.717) is 18.0 Å². The summed E-state index contributed by atoms with van der Waals surface area (Å²) in [4.78, 5) is 21.9. The molecule has 2 aliphatic rings. The molecule has 0 aliphatic carbocycles. The van der Waals surface area contributed by atoms with Gasteiger partial charge in [0.1, 0.15) is 15.6 Å². The Morgan fingerprint density at radius 1 is 1.40 bits per heavy atom. The van der Waals surface area contributed by atoms with Crippen LogP contribution in [0.5, 0.6) is 5.75 Å². The number of hydrogen-bond donors (Lipinski definition) is 0. The van der Waals surface area contributed by atoms with E-state index in [9.17, 15) is 4.79 Å². The van der Waals surface area contributed by atoms with Gasteiger partial charge in [-0.1, -0.05) is 12.1 Å². The SMILES string of the molecule is COc1ccccc1-c1nc2c(s1)C(=O)N([C@@H]1CCN(C#N)[C@@H]1C)C2. The Morgan fingerprint density at radius 3 is 2.88 bits per heavy atom. The fourth-order valence-electron chi connectivity index (χ4n) is 3.68. The second-order valence-corrected chi connectivity index (χ2v) is 7.32. The Labute approximate surface area is 150 Å². The van der Waals surface area contributed by atoms with Crippen LogP contribution in [0.1, 0.15) is 28.7 Å². The summed E-state index contributed by atoms with van der Waals surface area (Å²) < 4.78 is 5.40. The van der Waals surface area contributed by atoms with Gasteiger partial charge in [-0.15, -0.1) is 11.3 Å². The van der Waals surface area contributed by atoms with E-state index in [1.165, 1.54) is 11.3 Å². The van der Waals surface area contributed by atoms with Crippen molar-refractivity contribution in [1.82, 2.24) is 14.8 Å². The first-order valence-electron chi connectivity index (χ1n) is 8.24. The van der Waals surface area contributed by atoms with Crippen LogP contribution in [0.25, 0.3) is 10.6 Å². The predicted octanol–water partition coefficient (Wildman–Crippen LogP) is 2.72. The first-order chi connectivity index (χ1) is 12.1. The number of hydrogen-bond acceptors (Lipinski definition) is 6. The molecule has 1 aromatic heterocycles. The number of para-hydroxylation sites is 1. The molecule has 3 heterocycles. The molecule has 1 saturated heterocycles. The summed E-state index contributed by atoms with van der Waals surface area (Å²) in [5, 5.41) is 9.97. The molecule has 2 aromatic rings. The third kappa shape index (κ3) is 2.45. The van der Waals surface area contributed by atoms with E-state index in [0.717, 1.165) is 28.4 Å². The van der Waals surface area contributed by atoms with Crippen LogP contribution >= 0.6 is 11.3 Å². The molecule has 0 N–H and O–H groups in total. The van der Waals surface area contributed by atoms with E-state index in [1.807, 2.05) is 36.1 Å². The van der Waals surface area contributed by atoms with Crippen molar-refractivity contribution in [2.75, 3.05) is 13.7 Å². The summed E-state index contributed by atoms with van der Waals surface area (Å²) in [6.45, 7) is 3.24. The minimum absolute atomic E-state index is 0.0327. The normalized spacial score (nSPS) is 22.2. The highest BCUT2D eigenvalue weighted by molar-refractivity contribution is 7.17.